The van der Waals surface area contributed by atoms with Gasteiger partial charge in [0.1, 0.15) is 0 Å². The number of nitrogens with two attached hydrogens (primary N) is 1. The molecule has 2 aromatic carbocycles. The lowest BCUT2D eigenvalue weighted by atomic mass is 10.1. The fourth-order valence-corrected chi connectivity index (χ4v) is 3.56. The first kappa shape index (κ1) is 17.8. The van der Waals surface area contributed by atoms with Crippen LogP contribution in [-0.4, -0.2) is 42.9 Å². The lowest BCUT2D eigenvalue weighted by Gasteiger charge is -2.24. The van der Waals surface area contributed by atoms with Gasteiger partial charge in [0, 0.05) is 31.2 Å². The number of carbonyl (C=O) groups is 1. The molecular weight excluding hydrogens is 310 g/mol. The Hall–Kier alpha value is -2.01. The predicted molar refractivity (Wildman–Crippen MR) is 101 cm³/mol. The molecule has 132 valence electrons. The minimum Gasteiger partial charge on any atom is -0.330 e. The van der Waals surface area contributed by atoms with Crippen LogP contribution in [0.3, 0.4) is 0 Å². The predicted octanol–water partition coefficient (Wildman–Crippen LogP) is 2.31. The monoisotopic (exact) mass is 337 g/mol. The SMILES string of the molecule is NC[C@@H]1C[C@@H](CNCC(=O)c2ccccc2)N(Cc2ccccc2)C1. The quantitative estimate of drug-likeness (QED) is 0.726. The molecule has 3 N–H and O–H groups in total. The second kappa shape index (κ2) is 8.90. The number of ketones is 1. The van der Waals surface area contributed by atoms with Crippen LogP contribution in [0.4, 0.5) is 0 Å². The van der Waals surface area contributed by atoms with Crippen molar-refractivity contribution in [2.75, 3.05) is 26.2 Å². The van der Waals surface area contributed by atoms with Crippen molar-refractivity contribution in [2.45, 2.75) is 19.0 Å². The van der Waals surface area contributed by atoms with E-state index >= 15 is 0 Å². The number of carbonyl (C=O) groups excluding carboxylic acids is 1. The molecule has 1 aliphatic heterocycles. The minimum atomic E-state index is 0.142. The van der Waals surface area contributed by atoms with Gasteiger partial charge in [-0.1, -0.05) is 60.7 Å². The molecule has 0 bridgehead atoms. The van der Waals surface area contributed by atoms with Crippen LogP contribution >= 0.6 is 0 Å². The van der Waals surface area contributed by atoms with Crippen molar-refractivity contribution in [2.24, 2.45) is 11.7 Å². The molecule has 1 aliphatic rings. The minimum absolute atomic E-state index is 0.142. The Bertz CT molecular complexity index is 659. The Morgan fingerprint density at radius 1 is 1.08 bits per heavy atom. The summed E-state index contributed by atoms with van der Waals surface area (Å²) >= 11 is 0. The van der Waals surface area contributed by atoms with Gasteiger partial charge in [-0.15, -0.1) is 0 Å². The molecule has 0 aliphatic carbocycles. The summed E-state index contributed by atoms with van der Waals surface area (Å²) in [5, 5.41) is 3.35. The molecule has 3 rings (SSSR count). The van der Waals surface area contributed by atoms with Crippen molar-refractivity contribution >= 4 is 5.78 Å². The maximum atomic E-state index is 12.2. The van der Waals surface area contributed by atoms with Crippen molar-refractivity contribution in [3.05, 3.63) is 71.8 Å². The maximum absolute atomic E-state index is 12.2. The second-order valence-electron chi connectivity index (χ2n) is 6.83. The topological polar surface area (TPSA) is 58.4 Å². The molecule has 0 unspecified atom stereocenters. The van der Waals surface area contributed by atoms with Gasteiger partial charge in [0.25, 0.3) is 0 Å². The molecule has 0 aromatic heterocycles. The van der Waals surface area contributed by atoms with Crippen LogP contribution in [0.15, 0.2) is 60.7 Å². The lowest BCUT2D eigenvalue weighted by Crippen LogP contribution is -2.39. The standard InChI is InChI=1S/C21H27N3O/c22-12-18-11-20(24(16-18)15-17-7-3-1-4-8-17)13-23-14-21(25)19-9-5-2-6-10-19/h1-10,18,20,23H,11-16,22H2/t18-,20-/m0/s1. The summed E-state index contributed by atoms with van der Waals surface area (Å²) in [4.78, 5) is 14.7. The number of nitrogens with zero attached hydrogens (tertiary/aromatic N) is 1. The zero-order valence-electron chi connectivity index (χ0n) is 14.6. The summed E-state index contributed by atoms with van der Waals surface area (Å²) in [7, 11) is 0. The van der Waals surface area contributed by atoms with Gasteiger partial charge in [0.2, 0.25) is 0 Å². The Balaban J connectivity index is 1.53. The number of rotatable bonds is 8. The molecule has 2 atom stereocenters. The molecule has 4 nitrogen and oxygen atoms in total. The highest BCUT2D eigenvalue weighted by Gasteiger charge is 2.30. The molecule has 4 heteroatoms. The second-order valence-corrected chi connectivity index (χ2v) is 6.83. The molecule has 2 aromatic rings. The van der Waals surface area contributed by atoms with E-state index in [9.17, 15) is 4.79 Å². The number of hydrogen-bond acceptors (Lipinski definition) is 4. The highest BCUT2D eigenvalue weighted by molar-refractivity contribution is 5.97. The number of Topliss-reactive ketones (excluding diaryl/α,β-unsaturated/α-hetero) is 1. The van der Waals surface area contributed by atoms with Gasteiger partial charge >= 0.3 is 0 Å². The summed E-state index contributed by atoms with van der Waals surface area (Å²) < 4.78 is 0. The zero-order valence-corrected chi connectivity index (χ0v) is 14.6. The van der Waals surface area contributed by atoms with Crippen LogP contribution < -0.4 is 11.1 Å². The summed E-state index contributed by atoms with van der Waals surface area (Å²) in [5.41, 5.74) is 7.99. The third kappa shape index (κ3) is 4.98. The van der Waals surface area contributed by atoms with Crippen LogP contribution in [0.1, 0.15) is 22.3 Å². The van der Waals surface area contributed by atoms with E-state index in [-0.39, 0.29) is 5.78 Å². The van der Waals surface area contributed by atoms with Gasteiger partial charge in [-0.25, -0.2) is 0 Å². The van der Waals surface area contributed by atoms with Gasteiger partial charge in [-0.05, 0) is 24.4 Å². The van der Waals surface area contributed by atoms with Gasteiger partial charge in [-0.2, -0.15) is 0 Å². The fourth-order valence-electron chi connectivity index (χ4n) is 3.56. The molecule has 1 fully saturated rings. The van der Waals surface area contributed by atoms with Gasteiger partial charge in [-0.3, -0.25) is 9.69 Å². The van der Waals surface area contributed by atoms with Crippen LogP contribution in [-0.2, 0) is 6.54 Å². The fraction of sp³-hybridized carbons (Fsp3) is 0.381. The molecule has 25 heavy (non-hydrogen) atoms. The van der Waals surface area contributed by atoms with Crippen molar-refractivity contribution in [1.29, 1.82) is 0 Å². The Kier molecular flexibility index (Phi) is 6.34. The van der Waals surface area contributed by atoms with E-state index in [2.05, 4.69) is 34.5 Å². The highest BCUT2D eigenvalue weighted by atomic mass is 16.1. The third-order valence-corrected chi connectivity index (χ3v) is 4.94. The Labute approximate surface area is 150 Å². The first-order valence-electron chi connectivity index (χ1n) is 9.03. The van der Waals surface area contributed by atoms with Crippen LogP contribution in [0.5, 0.6) is 0 Å². The smallest absolute Gasteiger partial charge is 0.176 e. The number of likely N-dealkylation sites (tertiary alicyclic amines) is 1. The van der Waals surface area contributed by atoms with E-state index in [0.29, 0.717) is 18.5 Å². The van der Waals surface area contributed by atoms with Crippen molar-refractivity contribution in [3.8, 4) is 0 Å². The average Bonchev–Trinajstić information content (AvgIpc) is 3.05. The third-order valence-electron chi connectivity index (χ3n) is 4.94. The molecule has 0 radical (unpaired) electrons. The molecule has 0 saturated carbocycles. The van der Waals surface area contributed by atoms with E-state index < -0.39 is 0 Å². The normalized spacial score (nSPS) is 20.7. The van der Waals surface area contributed by atoms with Gasteiger partial charge in [0.05, 0.1) is 6.54 Å². The number of benzene rings is 2. The zero-order chi connectivity index (χ0) is 17.5. The molecule has 1 saturated heterocycles. The summed E-state index contributed by atoms with van der Waals surface area (Å²) in [5.74, 6) is 0.684. The van der Waals surface area contributed by atoms with E-state index in [0.717, 1.165) is 38.2 Å². The van der Waals surface area contributed by atoms with Crippen molar-refractivity contribution in [3.63, 3.8) is 0 Å². The Morgan fingerprint density at radius 3 is 2.44 bits per heavy atom. The van der Waals surface area contributed by atoms with Crippen LogP contribution in [0.2, 0.25) is 0 Å². The summed E-state index contributed by atoms with van der Waals surface area (Å²) in [6.45, 7) is 3.90. The summed E-state index contributed by atoms with van der Waals surface area (Å²) in [6.07, 6.45) is 1.09. The number of hydrogen-bond donors (Lipinski definition) is 2. The Morgan fingerprint density at radius 2 is 1.76 bits per heavy atom. The van der Waals surface area contributed by atoms with Crippen LogP contribution in [0.25, 0.3) is 0 Å². The van der Waals surface area contributed by atoms with Gasteiger partial charge in [0.15, 0.2) is 5.78 Å². The number of nitrogens with one attached hydrogen (secondary N) is 1. The van der Waals surface area contributed by atoms with E-state index in [1.165, 1.54) is 5.56 Å². The van der Waals surface area contributed by atoms with E-state index in [4.69, 9.17) is 5.73 Å². The first-order valence-corrected chi connectivity index (χ1v) is 9.03. The van der Waals surface area contributed by atoms with Crippen molar-refractivity contribution < 1.29 is 4.79 Å². The molecular formula is C21H27N3O. The molecule has 0 spiro atoms. The highest BCUT2D eigenvalue weighted by Crippen LogP contribution is 2.24. The van der Waals surface area contributed by atoms with Crippen LogP contribution in [0, 0.1) is 5.92 Å². The molecule has 0 amide bonds. The lowest BCUT2D eigenvalue weighted by molar-refractivity contribution is 0.0988. The van der Waals surface area contributed by atoms with E-state index in [1.807, 2.05) is 36.4 Å². The largest absolute Gasteiger partial charge is 0.330 e. The van der Waals surface area contributed by atoms with E-state index in [1.54, 1.807) is 0 Å². The van der Waals surface area contributed by atoms with Gasteiger partial charge < -0.3 is 11.1 Å². The maximum Gasteiger partial charge on any atom is 0.176 e. The van der Waals surface area contributed by atoms with Crippen molar-refractivity contribution in [1.82, 2.24) is 10.2 Å². The summed E-state index contributed by atoms with van der Waals surface area (Å²) in [6, 6.07) is 20.4. The first-order chi connectivity index (χ1) is 12.3. The average molecular weight is 337 g/mol. The molecule has 1 heterocycles.